The van der Waals surface area contributed by atoms with Gasteiger partial charge in [0.25, 0.3) is 5.91 Å². The van der Waals surface area contributed by atoms with E-state index < -0.39 is 0 Å². The molecule has 0 aliphatic rings. The van der Waals surface area contributed by atoms with Gasteiger partial charge in [-0.3, -0.25) is 9.59 Å². The largest absolute Gasteiger partial charge is 0.494 e. The molecule has 0 spiro atoms. The van der Waals surface area contributed by atoms with Crippen LogP contribution in [0, 0.1) is 0 Å². The van der Waals surface area contributed by atoms with E-state index in [1.807, 2.05) is 31.2 Å². The average Bonchev–Trinajstić information content (AvgIpc) is 3.12. The molecule has 0 bridgehead atoms. The number of fused-ring (bicyclic) bond motifs is 1. The van der Waals surface area contributed by atoms with Crippen LogP contribution in [0.2, 0.25) is 0 Å². The summed E-state index contributed by atoms with van der Waals surface area (Å²) in [4.78, 5) is 24.4. The summed E-state index contributed by atoms with van der Waals surface area (Å²) in [5.74, 6) is 0.288. The highest BCUT2D eigenvalue weighted by atomic mass is 16.5. The first-order valence-corrected chi connectivity index (χ1v) is 8.88. The molecular weight excluding hydrogens is 344 g/mol. The van der Waals surface area contributed by atoms with Crippen molar-refractivity contribution in [2.75, 3.05) is 17.7 Å². The molecule has 2 amide bonds. The molecule has 0 fully saturated rings. The van der Waals surface area contributed by atoms with Gasteiger partial charge in [-0.1, -0.05) is 31.5 Å². The summed E-state index contributed by atoms with van der Waals surface area (Å²) in [5.41, 5.74) is 1.77. The molecule has 0 atom stereocenters. The monoisotopic (exact) mass is 366 g/mol. The summed E-state index contributed by atoms with van der Waals surface area (Å²) in [6.07, 6.45) is 2.25. The summed E-state index contributed by atoms with van der Waals surface area (Å²) in [6.45, 7) is 2.04. The Morgan fingerprint density at radius 1 is 1.07 bits per heavy atom. The summed E-state index contributed by atoms with van der Waals surface area (Å²) in [5, 5.41) is 6.48. The number of amides is 2. The molecule has 6 heteroatoms. The van der Waals surface area contributed by atoms with Gasteiger partial charge in [0.2, 0.25) is 5.91 Å². The van der Waals surface area contributed by atoms with E-state index in [4.69, 9.17) is 9.15 Å². The van der Waals surface area contributed by atoms with Crippen LogP contribution in [0.4, 0.5) is 11.4 Å². The van der Waals surface area contributed by atoms with Crippen molar-refractivity contribution in [2.45, 2.75) is 26.2 Å². The van der Waals surface area contributed by atoms with Crippen LogP contribution in [-0.4, -0.2) is 18.9 Å². The minimum atomic E-state index is -0.354. The fourth-order valence-electron chi connectivity index (χ4n) is 2.71. The lowest BCUT2D eigenvalue weighted by Gasteiger charge is -2.12. The lowest BCUT2D eigenvalue weighted by atomic mass is 10.2. The number of carbonyl (C=O) groups excluding carboxylic acids is 2. The van der Waals surface area contributed by atoms with Gasteiger partial charge < -0.3 is 19.8 Å². The highest BCUT2D eigenvalue weighted by Gasteiger charge is 2.14. The predicted molar refractivity (Wildman–Crippen MR) is 105 cm³/mol. The van der Waals surface area contributed by atoms with E-state index in [0.29, 0.717) is 29.1 Å². The van der Waals surface area contributed by atoms with Gasteiger partial charge >= 0.3 is 0 Å². The fraction of sp³-hybridized carbons (Fsp3) is 0.238. The fourth-order valence-corrected chi connectivity index (χ4v) is 2.71. The predicted octanol–water partition coefficient (Wildman–Crippen LogP) is 4.82. The smallest absolute Gasteiger partial charge is 0.291 e. The van der Waals surface area contributed by atoms with Gasteiger partial charge in [0.1, 0.15) is 11.3 Å². The Morgan fingerprint density at radius 2 is 1.89 bits per heavy atom. The van der Waals surface area contributed by atoms with Crippen molar-refractivity contribution in [3.05, 3.63) is 54.3 Å². The molecule has 0 aliphatic carbocycles. The highest BCUT2D eigenvalue weighted by molar-refractivity contribution is 6.05. The van der Waals surface area contributed by atoms with Crippen LogP contribution < -0.4 is 15.4 Å². The Hall–Kier alpha value is -3.28. The topological polar surface area (TPSA) is 80.6 Å². The Balaban J connectivity index is 1.73. The van der Waals surface area contributed by atoms with Crippen LogP contribution in [0.1, 0.15) is 36.7 Å². The number of unbranched alkanes of at least 4 members (excludes halogenated alkanes) is 1. The van der Waals surface area contributed by atoms with Crippen LogP contribution in [0.3, 0.4) is 0 Å². The minimum absolute atomic E-state index is 0.0609. The van der Waals surface area contributed by atoms with Crippen molar-refractivity contribution in [3.63, 3.8) is 0 Å². The second kappa shape index (κ2) is 8.40. The second-order valence-corrected chi connectivity index (χ2v) is 6.17. The van der Waals surface area contributed by atoms with E-state index in [9.17, 15) is 9.59 Å². The van der Waals surface area contributed by atoms with Gasteiger partial charge in [-0.2, -0.15) is 0 Å². The van der Waals surface area contributed by atoms with E-state index in [2.05, 4.69) is 10.6 Å². The van der Waals surface area contributed by atoms with Crippen LogP contribution in [0.15, 0.2) is 52.9 Å². The number of anilines is 2. The third kappa shape index (κ3) is 4.47. The third-order valence-corrected chi connectivity index (χ3v) is 4.14. The van der Waals surface area contributed by atoms with Crippen molar-refractivity contribution >= 4 is 34.2 Å². The van der Waals surface area contributed by atoms with Crippen molar-refractivity contribution in [1.29, 1.82) is 0 Å². The van der Waals surface area contributed by atoms with Gasteiger partial charge in [-0.15, -0.1) is 0 Å². The Kier molecular flexibility index (Phi) is 5.76. The quantitative estimate of drug-likeness (QED) is 0.628. The molecule has 3 aromatic rings. The van der Waals surface area contributed by atoms with Crippen LogP contribution in [0.5, 0.6) is 5.75 Å². The SMILES string of the molecule is CCCCC(=O)Nc1ccc(NC(=O)c2cc3ccccc3o2)cc1OC. The number of carbonyl (C=O) groups is 2. The first-order chi connectivity index (χ1) is 13.1. The number of hydrogen-bond acceptors (Lipinski definition) is 4. The Labute approximate surface area is 157 Å². The molecule has 0 unspecified atom stereocenters. The minimum Gasteiger partial charge on any atom is -0.494 e. The number of benzene rings is 2. The van der Waals surface area contributed by atoms with Gasteiger partial charge in [-0.05, 0) is 30.7 Å². The van der Waals surface area contributed by atoms with E-state index in [1.165, 1.54) is 7.11 Å². The zero-order valence-corrected chi connectivity index (χ0v) is 15.4. The van der Waals surface area contributed by atoms with E-state index >= 15 is 0 Å². The molecule has 27 heavy (non-hydrogen) atoms. The summed E-state index contributed by atoms with van der Waals surface area (Å²) in [7, 11) is 1.52. The lowest BCUT2D eigenvalue weighted by Crippen LogP contribution is -2.13. The van der Waals surface area contributed by atoms with Crippen LogP contribution in [-0.2, 0) is 4.79 Å². The molecule has 2 aromatic carbocycles. The Bertz CT molecular complexity index is 929. The maximum Gasteiger partial charge on any atom is 0.291 e. The zero-order valence-electron chi connectivity index (χ0n) is 15.4. The molecule has 140 valence electrons. The van der Waals surface area contributed by atoms with Gasteiger partial charge in [0, 0.05) is 23.6 Å². The van der Waals surface area contributed by atoms with Crippen LogP contribution in [0.25, 0.3) is 11.0 Å². The molecule has 0 saturated heterocycles. The molecule has 0 radical (unpaired) electrons. The third-order valence-electron chi connectivity index (χ3n) is 4.14. The molecule has 1 heterocycles. The average molecular weight is 366 g/mol. The normalized spacial score (nSPS) is 10.6. The molecule has 3 rings (SSSR count). The maximum atomic E-state index is 12.4. The first-order valence-electron chi connectivity index (χ1n) is 8.88. The Morgan fingerprint density at radius 3 is 2.63 bits per heavy atom. The summed E-state index contributed by atoms with van der Waals surface area (Å²) < 4.78 is 10.9. The van der Waals surface area contributed by atoms with E-state index in [0.717, 1.165) is 18.2 Å². The molecule has 1 aromatic heterocycles. The first kappa shape index (κ1) is 18.5. The number of methoxy groups -OCH3 is 1. The molecule has 0 aliphatic heterocycles. The summed E-state index contributed by atoms with van der Waals surface area (Å²) in [6, 6.07) is 14.2. The molecular formula is C21H22N2O4. The molecule has 2 N–H and O–H groups in total. The number of nitrogens with one attached hydrogen (secondary N) is 2. The number of hydrogen-bond donors (Lipinski definition) is 2. The highest BCUT2D eigenvalue weighted by Crippen LogP contribution is 2.29. The molecule has 6 nitrogen and oxygen atoms in total. The number of para-hydroxylation sites is 1. The second-order valence-electron chi connectivity index (χ2n) is 6.17. The maximum absolute atomic E-state index is 12.4. The van der Waals surface area contributed by atoms with Gasteiger partial charge in [0.05, 0.1) is 12.8 Å². The van der Waals surface area contributed by atoms with Crippen molar-refractivity contribution in [1.82, 2.24) is 0 Å². The van der Waals surface area contributed by atoms with Crippen molar-refractivity contribution in [3.8, 4) is 5.75 Å². The number of furan rings is 1. The zero-order chi connectivity index (χ0) is 19.2. The van der Waals surface area contributed by atoms with Gasteiger partial charge in [-0.25, -0.2) is 0 Å². The standard InChI is InChI=1S/C21H22N2O4/c1-3-4-9-20(24)23-16-11-10-15(13-18(16)26-2)22-21(25)19-12-14-7-5-6-8-17(14)27-19/h5-8,10-13H,3-4,9H2,1-2H3,(H,22,25)(H,23,24). The van der Waals surface area contributed by atoms with E-state index in [1.54, 1.807) is 24.3 Å². The lowest BCUT2D eigenvalue weighted by molar-refractivity contribution is -0.116. The van der Waals surface area contributed by atoms with E-state index in [-0.39, 0.29) is 17.6 Å². The number of ether oxygens (including phenoxy) is 1. The van der Waals surface area contributed by atoms with Crippen molar-refractivity contribution < 1.29 is 18.7 Å². The number of rotatable bonds is 7. The van der Waals surface area contributed by atoms with Crippen molar-refractivity contribution in [2.24, 2.45) is 0 Å². The van der Waals surface area contributed by atoms with Crippen LogP contribution >= 0.6 is 0 Å². The van der Waals surface area contributed by atoms with Gasteiger partial charge in [0.15, 0.2) is 5.76 Å². The summed E-state index contributed by atoms with van der Waals surface area (Å²) >= 11 is 0. The molecule has 0 saturated carbocycles.